The van der Waals surface area contributed by atoms with Crippen molar-refractivity contribution in [2.24, 2.45) is 23.7 Å². The summed E-state index contributed by atoms with van der Waals surface area (Å²) < 4.78 is 12.4. The maximum atomic E-state index is 15.7. The van der Waals surface area contributed by atoms with Crippen LogP contribution in [-0.4, -0.2) is 47.5 Å². The highest BCUT2D eigenvalue weighted by Crippen LogP contribution is 2.59. The molecule has 0 spiro atoms. The number of para-hydroxylation sites is 6. The van der Waals surface area contributed by atoms with Crippen LogP contribution in [0.25, 0.3) is 93.9 Å². The van der Waals surface area contributed by atoms with E-state index >= 15 is 9.59 Å². The van der Waals surface area contributed by atoms with Gasteiger partial charge in [0.25, 0.3) is 5.89 Å². The van der Waals surface area contributed by atoms with Gasteiger partial charge in [-0.3, -0.25) is 19.2 Å². The lowest BCUT2D eigenvalue weighted by atomic mass is 9.59. The lowest BCUT2D eigenvalue weighted by Crippen LogP contribution is -2.50. The van der Waals surface area contributed by atoms with Crippen molar-refractivity contribution in [1.82, 2.24) is 23.9 Å². The molecule has 338 valence electrons. The molecule has 0 N–H and O–H groups in total. The maximum absolute atomic E-state index is 15.7. The molecule has 3 aliphatic rings. The Kier molecular flexibility index (Phi) is 8.11. The van der Waals surface area contributed by atoms with Gasteiger partial charge in [-0.05, 0) is 60.7 Å². The molecule has 0 bridgehead atoms. The number of hydrogen-bond acceptors (Lipinski definition) is 7. The van der Waals surface area contributed by atoms with Crippen molar-refractivity contribution in [3.05, 3.63) is 187 Å². The number of aromatic nitrogens is 5. The summed E-state index contributed by atoms with van der Waals surface area (Å²) in [6.45, 7) is 0. The van der Waals surface area contributed by atoms with E-state index in [9.17, 15) is 9.59 Å². The Hall–Kier alpha value is -9.13. The normalized spacial score (nSPS) is 18.8. The van der Waals surface area contributed by atoms with E-state index in [0.717, 1.165) is 76.0 Å². The lowest BCUT2D eigenvalue weighted by Gasteiger charge is -2.36. The minimum absolute atomic E-state index is 0.0171. The summed E-state index contributed by atoms with van der Waals surface area (Å²) in [4.78, 5) is 62.7. The van der Waals surface area contributed by atoms with Gasteiger partial charge in [0.05, 0.1) is 90.1 Å². The Labute approximate surface area is 407 Å². The van der Waals surface area contributed by atoms with E-state index in [2.05, 4.69) is 109 Å². The van der Waals surface area contributed by atoms with Crippen LogP contribution in [0.1, 0.15) is 0 Å². The van der Waals surface area contributed by atoms with Crippen molar-refractivity contribution >= 4 is 112 Å². The molecule has 1 saturated carbocycles. The zero-order valence-corrected chi connectivity index (χ0v) is 37.9. The van der Waals surface area contributed by atoms with Crippen molar-refractivity contribution in [3.8, 4) is 28.5 Å². The molecule has 2 saturated heterocycles. The molecule has 1 aliphatic carbocycles. The molecular formula is C58H34ClN7O5. The van der Waals surface area contributed by atoms with E-state index in [-0.39, 0.29) is 11.9 Å². The van der Waals surface area contributed by atoms with Gasteiger partial charge in [-0.2, -0.15) is 4.90 Å². The van der Waals surface area contributed by atoms with E-state index in [0.29, 0.717) is 27.6 Å². The van der Waals surface area contributed by atoms with Crippen LogP contribution in [0.5, 0.6) is 0 Å². The molecule has 4 amide bonds. The molecule has 6 heterocycles. The molecule has 4 unspecified atom stereocenters. The molecule has 4 aromatic heterocycles. The fraction of sp³-hybridized carbons (Fsp3) is 0.0690. The standard InChI is InChI=1S/C58H34ClN7O5/c59-39-22-8-1-21-38(39)53-60-61-58(71-53)66-56(69)50-48-49(51(50)57(66)70)55(68)65(54(48)67)52-46(63-42-25-11-4-17-34(42)35-18-5-12-26-43(35)63)29-31(62-40-23-9-2-15-32(40)33-16-3-10-24-41(33)62)30-47(52)64-44-27-13-6-19-36(44)37-20-7-14-28-45(37)64/h1-30,48-51H. The topological polar surface area (TPSA) is 128 Å². The number of benzene rings is 8. The van der Waals surface area contributed by atoms with Crippen LogP contribution >= 0.6 is 11.6 Å². The molecule has 8 aromatic carbocycles. The monoisotopic (exact) mass is 943 g/mol. The molecule has 12 nitrogen and oxygen atoms in total. The smallest absolute Gasteiger partial charge is 0.332 e. The van der Waals surface area contributed by atoms with Crippen LogP contribution in [0, 0.1) is 23.7 Å². The van der Waals surface area contributed by atoms with E-state index in [4.69, 9.17) is 16.0 Å². The first-order chi connectivity index (χ1) is 34.9. The number of carbonyl (C=O) groups excluding carboxylic acids is 4. The molecule has 3 fully saturated rings. The third kappa shape index (κ3) is 5.23. The number of imide groups is 2. The number of carbonyl (C=O) groups is 4. The van der Waals surface area contributed by atoms with Gasteiger partial charge in [0.15, 0.2) is 0 Å². The van der Waals surface area contributed by atoms with Gasteiger partial charge in [0, 0.05) is 32.3 Å². The van der Waals surface area contributed by atoms with Gasteiger partial charge in [0.2, 0.25) is 23.6 Å². The zero-order valence-electron chi connectivity index (χ0n) is 37.2. The van der Waals surface area contributed by atoms with Gasteiger partial charge in [-0.25, -0.2) is 4.90 Å². The predicted molar refractivity (Wildman–Crippen MR) is 273 cm³/mol. The highest BCUT2D eigenvalue weighted by Gasteiger charge is 2.74. The second-order valence-corrected chi connectivity index (χ2v) is 18.8. The maximum Gasteiger partial charge on any atom is 0.332 e. The van der Waals surface area contributed by atoms with Gasteiger partial charge in [-0.1, -0.05) is 138 Å². The predicted octanol–water partition coefficient (Wildman–Crippen LogP) is 11.6. The number of nitrogens with zero attached hydrogens (tertiary/aromatic N) is 7. The average molecular weight is 944 g/mol. The Bertz CT molecular complexity index is 4040. The third-order valence-corrected chi connectivity index (χ3v) is 15.4. The second-order valence-electron chi connectivity index (χ2n) is 18.4. The summed E-state index contributed by atoms with van der Waals surface area (Å²) in [6.07, 6.45) is 0. The van der Waals surface area contributed by atoms with Crippen LogP contribution in [0.4, 0.5) is 11.7 Å². The van der Waals surface area contributed by atoms with Crippen LogP contribution in [0.15, 0.2) is 186 Å². The van der Waals surface area contributed by atoms with Gasteiger partial charge in [-0.15, -0.1) is 5.10 Å². The van der Waals surface area contributed by atoms with Crippen molar-refractivity contribution in [2.75, 3.05) is 9.80 Å². The van der Waals surface area contributed by atoms with Crippen molar-refractivity contribution in [1.29, 1.82) is 0 Å². The Balaban J connectivity index is 1.00. The van der Waals surface area contributed by atoms with Gasteiger partial charge < -0.3 is 18.1 Å². The molecular weight excluding hydrogens is 910 g/mol. The van der Waals surface area contributed by atoms with Gasteiger partial charge in [0.1, 0.15) is 0 Å². The van der Waals surface area contributed by atoms with Crippen molar-refractivity contribution < 1.29 is 23.6 Å². The summed E-state index contributed by atoms with van der Waals surface area (Å²) in [5, 5.41) is 14.6. The molecule has 12 aromatic rings. The van der Waals surface area contributed by atoms with Crippen molar-refractivity contribution in [3.63, 3.8) is 0 Å². The molecule has 2 aliphatic heterocycles. The summed E-state index contributed by atoms with van der Waals surface area (Å²) in [5.74, 6) is -6.99. The minimum atomic E-state index is -1.13. The fourth-order valence-corrected chi connectivity index (χ4v) is 12.3. The van der Waals surface area contributed by atoms with E-state index < -0.39 is 47.3 Å². The van der Waals surface area contributed by atoms with Crippen molar-refractivity contribution in [2.45, 2.75) is 0 Å². The molecule has 4 atom stereocenters. The highest BCUT2D eigenvalue weighted by atomic mass is 35.5. The first-order valence-corrected chi connectivity index (χ1v) is 23.7. The Morgan fingerprint density at radius 1 is 0.394 bits per heavy atom. The summed E-state index contributed by atoms with van der Waals surface area (Å²) in [6, 6.07) is 59.7. The fourth-order valence-electron chi connectivity index (χ4n) is 12.1. The first kappa shape index (κ1) is 39.8. The number of amides is 4. The van der Waals surface area contributed by atoms with Crippen LogP contribution in [0.2, 0.25) is 5.02 Å². The average Bonchev–Trinajstić information content (AvgIpc) is 4.22. The number of halogens is 1. The number of rotatable bonds is 6. The van der Waals surface area contributed by atoms with Crippen LogP contribution < -0.4 is 9.80 Å². The molecule has 15 rings (SSSR count). The molecule has 71 heavy (non-hydrogen) atoms. The van der Waals surface area contributed by atoms with Crippen LogP contribution in [-0.2, 0) is 19.2 Å². The second kappa shape index (κ2) is 14.5. The minimum Gasteiger partial charge on any atom is -0.403 e. The van der Waals surface area contributed by atoms with E-state index in [1.165, 1.54) is 4.90 Å². The van der Waals surface area contributed by atoms with E-state index in [1.807, 2.05) is 72.8 Å². The summed E-state index contributed by atoms with van der Waals surface area (Å²) in [7, 11) is 0. The summed E-state index contributed by atoms with van der Waals surface area (Å²) >= 11 is 6.43. The summed E-state index contributed by atoms with van der Waals surface area (Å²) in [5.41, 5.74) is 8.05. The lowest BCUT2D eigenvalue weighted by molar-refractivity contribution is -0.146. The quantitative estimate of drug-likeness (QED) is 0.152. The number of hydrogen-bond donors (Lipinski definition) is 0. The first-order valence-electron chi connectivity index (χ1n) is 23.3. The Morgan fingerprint density at radius 3 is 1.13 bits per heavy atom. The molecule has 0 radical (unpaired) electrons. The number of anilines is 2. The largest absolute Gasteiger partial charge is 0.403 e. The SMILES string of the molecule is O=C1C2C(C(=O)N1c1nnc(-c3ccccc3Cl)o1)C1C(=O)N(c3c(-n4c5ccccc5c5ccccc54)cc(-n4c5ccccc5c5ccccc54)cc3-n3c4ccccc4c4ccccc43)C(=O)C21. The Morgan fingerprint density at radius 2 is 0.732 bits per heavy atom. The number of fused-ring (bicyclic) bond motifs is 13. The highest BCUT2D eigenvalue weighted by molar-refractivity contribution is 6.34. The zero-order chi connectivity index (χ0) is 47.4. The van der Waals surface area contributed by atoms with Crippen LogP contribution in [0.3, 0.4) is 0 Å². The van der Waals surface area contributed by atoms with Gasteiger partial charge >= 0.3 is 6.01 Å². The third-order valence-electron chi connectivity index (χ3n) is 15.0. The van der Waals surface area contributed by atoms with E-state index in [1.54, 1.807) is 24.3 Å². The molecule has 13 heteroatoms.